The molecule has 22 heavy (non-hydrogen) atoms. The highest BCUT2D eigenvalue weighted by atomic mass is 32.1. The summed E-state index contributed by atoms with van der Waals surface area (Å²) in [7, 11) is 0. The molecule has 0 saturated heterocycles. The zero-order valence-electron chi connectivity index (χ0n) is 11.6. The van der Waals surface area contributed by atoms with Gasteiger partial charge in [-0.1, -0.05) is 18.2 Å². The summed E-state index contributed by atoms with van der Waals surface area (Å²) in [5.74, 6) is 0.562. The molecule has 0 bridgehead atoms. The van der Waals surface area contributed by atoms with Gasteiger partial charge in [-0.05, 0) is 29.0 Å². The van der Waals surface area contributed by atoms with Crippen LogP contribution < -0.4 is 5.32 Å². The number of benzene rings is 1. The minimum atomic E-state index is 0.0588. The first-order chi connectivity index (χ1) is 10.8. The van der Waals surface area contributed by atoms with Gasteiger partial charge in [0.1, 0.15) is 5.69 Å². The van der Waals surface area contributed by atoms with Crippen LogP contribution in [0.3, 0.4) is 0 Å². The lowest BCUT2D eigenvalue weighted by atomic mass is 10.2. The van der Waals surface area contributed by atoms with E-state index in [-0.39, 0.29) is 6.61 Å². The normalized spacial score (nSPS) is 11.3. The van der Waals surface area contributed by atoms with E-state index in [1.54, 1.807) is 22.7 Å². The molecule has 0 atom stereocenters. The van der Waals surface area contributed by atoms with Gasteiger partial charge in [0.2, 0.25) is 5.95 Å². The van der Waals surface area contributed by atoms with Crippen molar-refractivity contribution >= 4 is 48.9 Å². The van der Waals surface area contributed by atoms with Crippen molar-refractivity contribution in [3.8, 4) is 10.6 Å². The molecule has 0 amide bonds. The molecule has 6 heteroatoms. The highest BCUT2D eigenvalue weighted by molar-refractivity contribution is 7.23. The number of aliphatic hydroxyl groups excluding tert-OH is 1. The predicted octanol–water partition coefficient (Wildman–Crippen LogP) is 3.98. The molecule has 3 aromatic heterocycles. The second kappa shape index (κ2) is 5.64. The van der Waals surface area contributed by atoms with Crippen LogP contribution in [0.4, 0.5) is 5.95 Å². The molecule has 2 N–H and O–H groups in total. The minimum absolute atomic E-state index is 0.0588. The quantitative estimate of drug-likeness (QED) is 0.595. The van der Waals surface area contributed by atoms with Crippen molar-refractivity contribution in [1.82, 2.24) is 9.97 Å². The fourth-order valence-corrected chi connectivity index (χ4v) is 4.33. The van der Waals surface area contributed by atoms with E-state index in [4.69, 9.17) is 5.11 Å². The zero-order chi connectivity index (χ0) is 14.9. The second-order valence-corrected chi connectivity index (χ2v) is 6.83. The first kappa shape index (κ1) is 13.6. The predicted molar refractivity (Wildman–Crippen MR) is 93.8 cm³/mol. The molecular formula is C16H13N3OS2. The number of aliphatic hydroxyl groups is 1. The Labute approximate surface area is 135 Å². The molecule has 3 heterocycles. The third-order valence-electron chi connectivity index (χ3n) is 3.36. The van der Waals surface area contributed by atoms with Crippen LogP contribution in [0.25, 0.3) is 30.9 Å². The van der Waals surface area contributed by atoms with Gasteiger partial charge in [0.05, 0.1) is 21.7 Å². The van der Waals surface area contributed by atoms with Crippen LogP contribution in [-0.2, 0) is 0 Å². The summed E-state index contributed by atoms with van der Waals surface area (Å²) < 4.78 is 2.35. The Morgan fingerprint density at radius 3 is 2.91 bits per heavy atom. The number of fused-ring (bicyclic) bond motifs is 2. The summed E-state index contributed by atoms with van der Waals surface area (Å²) in [5, 5.41) is 15.3. The van der Waals surface area contributed by atoms with Crippen LogP contribution in [0.1, 0.15) is 0 Å². The van der Waals surface area contributed by atoms with Gasteiger partial charge >= 0.3 is 0 Å². The molecule has 0 aliphatic carbocycles. The smallest absolute Gasteiger partial charge is 0.223 e. The molecule has 0 saturated carbocycles. The number of rotatable bonds is 4. The number of thiophene rings is 2. The summed E-state index contributed by atoms with van der Waals surface area (Å²) in [6, 6.07) is 12.5. The van der Waals surface area contributed by atoms with Crippen LogP contribution in [0.2, 0.25) is 0 Å². The fraction of sp³-hybridized carbons (Fsp3) is 0.125. The number of hydrogen-bond donors (Lipinski definition) is 2. The number of aromatic nitrogens is 2. The van der Waals surface area contributed by atoms with Crippen molar-refractivity contribution in [2.24, 2.45) is 0 Å². The Balaban J connectivity index is 1.90. The van der Waals surface area contributed by atoms with E-state index in [0.29, 0.717) is 12.5 Å². The third-order valence-corrected chi connectivity index (χ3v) is 5.39. The molecule has 0 unspecified atom stereocenters. The highest BCUT2D eigenvalue weighted by Gasteiger charge is 2.13. The molecule has 4 aromatic rings. The molecule has 0 spiro atoms. The van der Waals surface area contributed by atoms with Gasteiger partial charge in [-0.2, -0.15) is 0 Å². The van der Waals surface area contributed by atoms with Gasteiger partial charge in [-0.25, -0.2) is 9.97 Å². The number of anilines is 1. The van der Waals surface area contributed by atoms with Crippen LogP contribution in [-0.4, -0.2) is 28.2 Å². The van der Waals surface area contributed by atoms with Gasteiger partial charge in [-0.15, -0.1) is 22.7 Å². The Morgan fingerprint density at radius 1 is 1.14 bits per heavy atom. The Morgan fingerprint density at radius 2 is 2.05 bits per heavy atom. The van der Waals surface area contributed by atoms with E-state index in [1.165, 1.54) is 10.1 Å². The van der Waals surface area contributed by atoms with Gasteiger partial charge in [0.15, 0.2) is 0 Å². The Bertz CT molecular complexity index is 912. The van der Waals surface area contributed by atoms with Crippen molar-refractivity contribution in [3.63, 3.8) is 0 Å². The molecular weight excluding hydrogens is 314 g/mol. The zero-order valence-corrected chi connectivity index (χ0v) is 13.2. The summed E-state index contributed by atoms with van der Waals surface area (Å²) in [4.78, 5) is 10.3. The summed E-state index contributed by atoms with van der Waals surface area (Å²) in [6.45, 7) is 0.505. The Hall–Kier alpha value is -2.02. The topological polar surface area (TPSA) is 58.0 Å². The SMILES string of the molecule is OCCNc1nc(-c2cc3ccccc3s2)c2sccc2n1. The van der Waals surface area contributed by atoms with Crippen molar-refractivity contribution in [1.29, 1.82) is 0 Å². The minimum Gasteiger partial charge on any atom is -0.395 e. The van der Waals surface area contributed by atoms with Crippen molar-refractivity contribution in [2.45, 2.75) is 0 Å². The molecule has 110 valence electrons. The highest BCUT2D eigenvalue weighted by Crippen LogP contribution is 2.37. The molecule has 4 rings (SSSR count). The maximum atomic E-state index is 8.97. The van der Waals surface area contributed by atoms with Gasteiger partial charge in [-0.3, -0.25) is 0 Å². The van der Waals surface area contributed by atoms with E-state index in [0.717, 1.165) is 20.8 Å². The van der Waals surface area contributed by atoms with Crippen LogP contribution in [0.5, 0.6) is 0 Å². The summed E-state index contributed by atoms with van der Waals surface area (Å²) >= 11 is 3.40. The molecule has 0 radical (unpaired) electrons. The van der Waals surface area contributed by atoms with E-state index in [2.05, 4.69) is 39.6 Å². The first-order valence-electron chi connectivity index (χ1n) is 6.94. The average molecular weight is 327 g/mol. The van der Waals surface area contributed by atoms with Crippen molar-refractivity contribution in [3.05, 3.63) is 41.8 Å². The van der Waals surface area contributed by atoms with Crippen LogP contribution in [0, 0.1) is 0 Å². The van der Waals surface area contributed by atoms with Gasteiger partial charge in [0.25, 0.3) is 0 Å². The third kappa shape index (κ3) is 2.35. The van der Waals surface area contributed by atoms with E-state index >= 15 is 0 Å². The van der Waals surface area contributed by atoms with E-state index in [9.17, 15) is 0 Å². The first-order valence-corrected chi connectivity index (χ1v) is 8.64. The molecule has 4 nitrogen and oxygen atoms in total. The number of nitrogens with zero attached hydrogens (tertiary/aromatic N) is 2. The average Bonchev–Trinajstić information content (AvgIpc) is 3.18. The summed E-state index contributed by atoms with van der Waals surface area (Å²) in [6.07, 6.45) is 0. The molecule has 0 fully saturated rings. The van der Waals surface area contributed by atoms with Crippen molar-refractivity contribution in [2.75, 3.05) is 18.5 Å². The molecule has 1 aromatic carbocycles. The summed E-state index contributed by atoms with van der Waals surface area (Å²) in [5.41, 5.74) is 1.90. The monoisotopic (exact) mass is 327 g/mol. The molecule has 0 aliphatic heterocycles. The largest absolute Gasteiger partial charge is 0.395 e. The number of nitrogens with one attached hydrogen (secondary N) is 1. The fourth-order valence-electron chi connectivity index (χ4n) is 2.38. The van der Waals surface area contributed by atoms with E-state index < -0.39 is 0 Å². The lowest BCUT2D eigenvalue weighted by molar-refractivity contribution is 0.311. The van der Waals surface area contributed by atoms with Gasteiger partial charge < -0.3 is 10.4 Å². The maximum absolute atomic E-state index is 8.97. The van der Waals surface area contributed by atoms with Crippen LogP contribution >= 0.6 is 22.7 Å². The maximum Gasteiger partial charge on any atom is 0.223 e. The number of hydrogen-bond acceptors (Lipinski definition) is 6. The van der Waals surface area contributed by atoms with Gasteiger partial charge in [0, 0.05) is 11.2 Å². The Kier molecular flexibility index (Phi) is 3.49. The lowest BCUT2D eigenvalue weighted by Crippen LogP contribution is -2.08. The molecule has 0 aliphatic rings. The van der Waals surface area contributed by atoms with Crippen LogP contribution in [0.15, 0.2) is 41.8 Å². The second-order valence-electron chi connectivity index (χ2n) is 4.83. The lowest BCUT2D eigenvalue weighted by Gasteiger charge is -2.05. The van der Waals surface area contributed by atoms with Crippen molar-refractivity contribution < 1.29 is 5.11 Å². The van der Waals surface area contributed by atoms with E-state index in [1.807, 2.05) is 17.5 Å². The standard InChI is InChI=1S/C16H13N3OS2/c20-7-6-17-16-18-11-5-8-21-15(11)14(19-16)13-9-10-3-1-2-4-12(10)22-13/h1-5,8-9,20H,6-7H2,(H,17,18,19).